The molecule has 0 saturated heterocycles. The Hall–Kier alpha value is -2.82. The minimum atomic E-state index is -1.23. The lowest BCUT2D eigenvalue weighted by Crippen LogP contribution is -2.21. The maximum absolute atomic E-state index is 11.5. The Bertz CT molecular complexity index is 597. The van der Waals surface area contributed by atoms with Crippen LogP contribution in [0.25, 0.3) is 0 Å². The second kappa shape index (κ2) is 5.68. The Morgan fingerprint density at radius 3 is 2.47 bits per heavy atom. The van der Waals surface area contributed by atoms with Crippen LogP contribution >= 0.6 is 0 Å². The summed E-state index contributed by atoms with van der Waals surface area (Å²) in [6.07, 6.45) is 4.21. The normalized spacial score (nSPS) is 10.5. The van der Waals surface area contributed by atoms with Crippen LogP contribution in [0.3, 0.4) is 0 Å². The second-order valence-electron chi connectivity index (χ2n) is 3.68. The number of nitrogens with one attached hydrogen (secondary N) is 1. The van der Waals surface area contributed by atoms with E-state index in [1.807, 2.05) is 0 Å². The minimum absolute atomic E-state index is 0.0983. The number of rotatable bonds is 5. The number of hydrogen-bond donors (Lipinski definition) is 1. The number of carbonyl (C=O) groups is 2. The predicted molar refractivity (Wildman–Crippen MR) is 66.6 cm³/mol. The molecule has 0 aliphatic carbocycles. The smallest absolute Gasteiger partial charge is 0.222 e. The average molecular weight is 256 g/mol. The van der Waals surface area contributed by atoms with Crippen LogP contribution in [0.15, 0.2) is 59.4 Å². The number of anilines is 1. The number of hydrogen-bond acceptors (Lipinski definition) is 5. The lowest BCUT2D eigenvalue weighted by atomic mass is 10.2. The highest BCUT2D eigenvalue weighted by molar-refractivity contribution is 6.02. The first-order valence-corrected chi connectivity index (χ1v) is 5.49. The predicted octanol–water partition coefficient (Wildman–Crippen LogP) is 1.45. The molecule has 0 atom stereocenters. The van der Waals surface area contributed by atoms with Gasteiger partial charge in [-0.05, 0) is 29.8 Å². The van der Waals surface area contributed by atoms with E-state index >= 15 is 0 Å². The van der Waals surface area contributed by atoms with Gasteiger partial charge in [0.1, 0.15) is 0 Å². The standard InChI is InChI=1S/C14H11NO4/c16-12(13-2-1-9-19-13)7-8-15-11-5-3-10(4-6-11)14(17)18/h1-9,15H,(H,17,18)/p-1. The molecular weight excluding hydrogens is 246 g/mol. The maximum Gasteiger partial charge on any atom is 0.222 e. The molecule has 0 fully saturated rings. The Labute approximate surface area is 109 Å². The summed E-state index contributed by atoms with van der Waals surface area (Å²) in [5, 5.41) is 13.4. The van der Waals surface area contributed by atoms with E-state index in [0.717, 1.165) is 0 Å². The largest absolute Gasteiger partial charge is 0.545 e. The number of benzene rings is 1. The van der Waals surface area contributed by atoms with E-state index in [9.17, 15) is 14.7 Å². The Morgan fingerprint density at radius 1 is 1.16 bits per heavy atom. The van der Waals surface area contributed by atoms with E-state index in [-0.39, 0.29) is 17.1 Å². The topological polar surface area (TPSA) is 82.4 Å². The SMILES string of the molecule is O=C([O-])c1ccc(NC=CC(=O)c2ccco2)cc1. The third-order valence-electron chi connectivity index (χ3n) is 2.37. The number of carbonyl (C=O) groups excluding carboxylic acids is 2. The summed E-state index contributed by atoms with van der Waals surface area (Å²) in [5.74, 6) is -1.23. The van der Waals surface area contributed by atoms with Crippen molar-refractivity contribution in [2.75, 3.05) is 5.32 Å². The summed E-state index contributed by atoms with van der Waals surface area (Å²) >= 11 is 0. The summed E-state index contributed by atoms with van der Waals surface area (Å²) in [6.45, 7) is 0. The van der Waals surface area contributed by atoms with Crippen molar-refractivity contribution in [2.24, 2.45) is 0 Å². The number of carboxylic acids is 1. The maximum atomic E-state index is 11.5. The fourth-order valence-electron chi connectivity index (χ4n) is 1.42. The van der Waals surface area contributed by atoms with Gasteiger partial charge >= 0.3 is 0 Å². The molecule has 2 rings (SSSR count). The van der Waals surface area contributed by atoms with Gasteiger partial charge in [-0.2, -0.15) is 0 Å². The van der Waals surface area contributed by atoms with Crippen LogP contribution in [-0.2, 0) is 0 Å². The highest BCUT2D eigenvalue weighted by Gasteiger charge is 2.02. The van der Waals surface area contributed by atoms with E-state index in [1.165, 1.54) is 30.7 Å². The number of carboxylic acid groups (broad SMARTS) is 1. The molecule has 19 heavy (non-hydrogen) atoms. The molecule has 1 aromatic carbocycles. The molecule has 0 amide bonds. The lowest BCUT2D eigenvalue weighted by Gasteiger charge is -2.04. The van der Waals surface area contributed by atoms with Crippen molar-refractivity contribution in [1.82, 2.24) is 0 Å². The zero-order chi connectivity index (χ0) is 13.7. The molecule has 0 bridgehead atoms. The quantitative estimate of drug-likeness (QED) is 0.646. The molecule has 1 N–H and O–H groups in total. The summed E-state index contributed by atoms with van der Waals surface area (Å²) < 4.78 is 4.94. The summed E-state index contributed by atoms with van der Waals surface area (Å²) in [5.41, 5.74) is 0.759. The zero-order valence-electron chi connectivity index (χ0n) is 9.83. The Balaban J connectivity index is 1.95. The molecule has 0 saturated carbocycles. The molecule has 5 heteroatoms. The van der Waals surface area contributed by atoms with E-state index in [1.54, 1.807) is 24.3 Å². The van der Waals surface area contributed by atoms with Crippen LogP contribution in [0.5, 0.6) is 0 Å². The number of allylic oxidation sites excluding steroid dienone is 1. The van der Waals surface area contributed by atoms with E-state index in [4.69, 9.17) is 4.42 Å². The fraction of sp³-hybridized carbons (Fsp3) is 0. The summed E-state index contributed by atoms with van der Waals surface area (Å²) in [7, 11) is 0. The number of ketones is 1. The number of furan rings is 1. The van der Waals surface area contributed by atoms with Gasteiger partial charge in [-0.15, -0.1) is 0 Å². The molecule has 5 nitrogen and oxygen atoms in total. The van der Waals surface area contributed by atoms with Crippen molar-refractivity contribution in [3.05, 3.63) is 66.3 Å². The van der Waals surface area contributed by atoms with Crippen molar-refractivity contribution in [3.8, 4) is 0 Å². The molecule has 1 aromatic heterocycles. The van der Waals surface area contributed by atoms with Gasteiger partial charge < -0.3 is 19.6 Å². The van der Waals surface area contributed by atoms with Crippen LogP contribution in [0.1, 0.15) is 20.9 Å². The van der Waals surface area contributed by atoms with Gasteiger partial charge in [0.2, 0.25) is 5.78 Å². The monoisotopic (exact) mass is 256 g/mol. The van der Waals surface area contributed by atoms with Crippen LogP contribution < -0.4 is 10.4 Å². The van der Waals surface area contributed by atoms with E-state index in [2.05, 4.69) is 5.32 Å². The first-order valence-electron chi connectivity index (χ1n) is 5.49. The van der Waals surface area contributed by atoms with Crippen LogP contribution in [0, 0.1) is 0 Å². The molecule has 1 heterocycles. The highest BCUT2D eigenvalue weighted by atomic mass is 16.4. The van der Waals surface area contributed by atoms with Gasteiger partial charge in [0, 0.05) is 18.0 Å². The van der Waals surface area contributed by atoms with E-state index < -0.39 is 5.97 Å². The van der Waals surface area contributed by atoms with Crippen molar-refractivity contribution < 1.29 is 19.1 Å². The van der Waals surface area contributed by atoms with Gasteiger partial charge in [-0.25, -0.2) is 0 Å². The molecule has 2 aromatic rings. The molecule has 0 spiro atoms. The third kappa shape index (κ3) is 3.32. The Morgan fingerprint density at radius 2 is 1.89 bits per heavy atom. The Kier molecular flexibility index (Phi) is 3.78. The zero-order valence-corrected chi connectivity index (χ0v) is 9.83. The van der Waals surface area contributed by atoms with Crippen molar-refractivity contribution >= 4 is 17.4 Å². The van der Waals surface area contributed by atoms with Crippen LogP contribution in [0.4, 0.5) is 5.69 Å². The number of aromatic carboxylic acids is 1. The summed E-state index contributed by atoms with van der Waals surface area (Å²) in [6, 6.07) is 9.19. The van der Waals surface area contributed by atoms with Gasteiger partial charge in [0.25, 0.3) is 0 Å². The molecular formula is C14H10NO4-. The van der Waals surface area contributed by atoms with Crippen LogP contribution in [-0.4, -0.2) is 11.8 Å². The van der Waals surface area contributed by atoms with Gasteiger partial charge in [-0.3, -0.25) is 4.79 Å². The molecule has 0 aliphatic heterocycles. The molecule has 0 aliphatic rings. The van der Waals surface area contributed by atoms with E-state index in [0.29, 0.717) is 5.69 Å². The van der Waals surface area contributed by atoms with Crippen molar-refractivity contribution in [1.29, 1.82) is 0 Å². The van der Waals surface area contributed by atoms with Crippen molar-refractivity contribution in [2.45, 2.75) is 0 Å². The molecule has 0 radical (unpaired) electrons. The van der Waals surface area contributed by atoms with Gasteiger partial charge in [0.05, 0.1) is 12.2 Å². The average Bonchev–Trinajstić information content (AvgIpc) is 2.93. The fourth-order valence-corrected chi connectivity index (χ4v) is 1.42. The van der Waals surface area contributed by atoms with Crippen molar-refractivity contribution in [3.63, 3.8) is 0 Å². The first-order chi connectivity index (χ1) is 9.16. The van der Waals surface area contributed by atoms with Gasteiger partial charge in [0.15, 0.2) is 5.76 Å². The lowest BCUT2D eigenvalue weighted by molar-refractivity contribution is -0.255. The molecule has 0 unspecified atom stereocenters. The van der Waals surface area contributed by atoms with Crippen LogP contribution in [0.2, 0.25) is 0 Å². The second-order valence-corrected chi connectivity index (χ2v) is 3.68. The van der Waals surface area contributed by atoms with Gasteiger partial charge in [-0.1, -0.05) is 12.1 Å². The minimum Gasteiger partial charge on any atom is -0.545 e. The molecule has 96 valence electrons. The summed E-state index contributed by atoms with van der Waals surface area (Å²) in [4.78, 5) is 22.1. The first kappa shape index (κ1) is 12.6. The highest BCUT2D eigenvalue weighted by Crippen LogP contribution is 2.09. The third-order valence-corrected chi connectivity index (χ3v) is 2.37.